The van der Waals surface area contributed by atoms with Crippen molar-refractivity contribution in [1.29, 1.82) is 0 Å². The highest BCUT2D eigenvalue weighted by atomic mass is 32.2. The van der Waals surface area contributed by atoms with Crippen molar-refractivity contribution in [2.24, 2.45) is 0 Å². The zero-order valence-corrected chi connectivity index (χ0v) is 28.6. The molecule has 0 bridgehead atoms. The van der Waals surface area contributed by atoms with Crippen molar-refractivity contribution in [2.75, 3.05) is 11.5 Å². The first-order valence-corrected chi connectivity index (χ1v) is 18.1. The topological polar surface area (TPSA) is 140 Å². The molecule has 4 heterocycles. The van der Waals surface area contributed by atoms with Gasteiger partial charge in [-0.05, 0) is 72.8 Å². The number of phenols is 1. The Kier molecular flexibility index (Phi) is 11.0. The number of nitrogens with one attached hydrogen (secondary N) is 2. The van der Waals surface area contributed by atoms with E-state index in [1.807, 2.05) is 77.9 Å². The third-order valence-electron chi connectivity index (χ3n) is 7.19. The van der Waals surface area contributed by atoms with Crippen LogP contribution in [0, 0.1) is 13.8 Å². The van der Waals surface area contributed by atoms with Gasteiger partial charge in [0.15, 0.2) is 22.0 Å². The molecule has 0 saturated heterocycles. The van der Waals surface area contributed by atoms with Crippen LogP contribution < -0.4 is 10.6 Å². The number of amides is 2. The van der Waals surface area contributed by atoms with Crippen LogP contribution in [0.3, 0.4) is 0 Å². The summed E-state index contributed by atoms with van der Waals surface area (Å²) in [6.07, 6.45) is 0. The van der Waals surface area contributed by atoms with Gasteiger partial charge in [0.05, 0.1) is 21.3 Å². The van der Waals surface area contributed by atoms with Crippen molar-refractivity contribution in [3.05, 3.63) is 63.3 Å². The summed E-state index contributed by atoms with van der Waals surface area (Å²) >= 11 is 5.87. The van der Waals surface area contributed by atoms with Gasteiger partial charge in [-0.3, -0.25) is 9.59 Å². The summed E-state index contributed by atoms with van der Waals surface area (Å²) in [7, 11) is 0. The molecule has 0 aliphatic rings. The van der Waals surface area contributed by atoms with E-state index < -0.39 is 0 Å². The van der Waals surface area contributed by atoms with Gasteiger partial charge in [-0.25, -0.2) is 0 Å². The van der Waals surface area contributed by atoms with E-state index in [2.05, 4.69) is 31.0 Å². The van der Waals surface area contributed by atoms with Gasteiger partial charge in [0.25, 0.3) is 0 Å². The van der Waals surface area contributed by atoms with E-state index in [-0.39, 0.29) is 42.2 Å². The molecule has 0 atom stereocenters. The van der Waals surface area contributed by atoms with E-state index in [1.54, 1.807) is 22.7 Å². The third kappa shape index (κ3) is 7.60. The number of carbonyl (C=O) groups excluding carboxylic acids is 2. The van der Waals surface area contributed by atoms with Crippen LogP contribution in [0.4, 0.5) is 0 Å². The van der Waals surface area contributed by atoms with Crippen LogP contribution in [0.15, 0.2) is 51.4 Å². The monoisotopic (exact) mass is 682 g/mol. The summed E-state index contributed by atoms with van der Waals surface area (Å²) in [5.74, 6) is 1.80. The Morgan fingerprint density at radius 2 is 1.22 bits per heavy atom. The number of benzene rings is 1. The number of rotatable bonds is 14. The molecule has 0 radical (unpaired) electrons. The van der Waals surface area contributed by atoms with Crippen LogP contribution in [-0.4, -0.2) is 58.0 Å². The average Bonchev–Trinajstić information content (AvgIpc) is 3.87. The molecule has 3 N–H and O–H groups in total. The first-order valence-electron chi connectivity index (χ1n) is 14.3. The van der Waals surface area contributed by atoms with Crippen molar-refractivity contribution >= 4 is 58.0 Å². The van der Waals surface area contributed by atoms with Crippen molar-refractivity contribution in [3.8, 4) is 27.2 Å². The van der Waals surface area contributed by atoms with Crippen molar-refractivity contribution in [2.45, 2.75) is 64.2 Å². The second-order valence-electron chi connectivity index (χ2n) is 9.98. The Bertz CT molecular complexity index is 1640. The lowest BCUT2D eigenvalue weighted by Crippen LogP contribution is -2.26. The van der Waals surface area contributed by atoms with Gasteiger partial charge < -0.3 is 24.9 Å². The molecule has 0 aliphatic heterocycles. The number of carbonyl (C=O) groups is 2. The number of aromatic hydroxyl groups is 1. The zero-order chi connectivity index (χ0) is 31.9. The van der Waals surface area contributed by atoms with E-state index in [9.17, 15) is 14.7 Å². The molecule has 45 heavy (non-hydrogen) atoms. The molecule has 5 aromatic rings. The largest absolute Gasteiger partial charge is 0.507 e. The number of aromatic nitrogens is 6. The molecule has 0 spiro atoms. The Labute approximate surface area is 277 Å². The van der Waals surface area contributed by atoms with Crippen LogP contribution >= 0.6 is 46.2 Å². The van der Waals surface area contributed by atoms with Gasteiger partial charge in [0.1, 0.15) is 5.75 Å². The minimum absolute atomic E-state index is 0.156. The van der Waals surface area contributed by atoms with Gasteiger partial charge in [0, 0.05) is 26.2 Å². The SMILES string of the molecule is CCn1c(SCC(=O)NCc2cc(CNC(=O)CSc3nnc(-c4cccs4)n3CC)c(C)c(O)c2C)nnc1-c1cccs1. The molecule has 236 valence electrons. The maximum absolute atomic E-state index is 12.8. The summed E-state index contributed by atoms with van der Waals surface area (Å²) in [5.41, 5.74) is 2.95. The summed E-state index contributed by atoms with van der Waals surface area (Å²) in [4.78, 5) is 27.6. The molecule has 15 heteroatoms. The maximum atomic E-state index is 12.8. The first kappa shape index (κ1) is 32.7. The Morgan fingerprint density at radius 3 is 1.60 bits per heavy atom. The molecule has 0 fully saturated rings. The lowest BCUT2D eigenvalue weighted by atomic mass is 9.98. The first-order chi connectivity index (χ1) is 21.8. The average molecular weight is 683 g/mol. The molecule has 0 saturated carbocycles. The Morgan fingerprint density at radius 1 is 0.778 bits per heavy atom. The maximum Gasteiger partial charge on any atom is 0.230 e. The molecule has 5 rings (SSSR count). The smallest absolute Gasteiger partial charge is 0.230 e. The van der Waals surface area contributed by atoms with E-state index in [0.29, 0.717) is 34.5 Å². The van der Waals surface area contributed by atoms with Crippen LogP contribution in [0.2, 0.25) is 0 Å². The number of hydrogen-bond acceptors (Lipinski definition) is 11. The van der Waals surface area contributed by atoms with Crippen LogP contribution in [0.5, 0.6) is 5.75 Å². The highest BCUT2D eigenvalue weighted by Gasteiger charge is 2.18. The predicted molar refractivity (Wildman–Crippen MR) is 181 cm³/mol. The fraction of sp³-hybridized carbons (Fsp3) is 0.333. The highest BCUT2D eigenvalue weighted by molar-refractivity contribution is 8.00. The fourth-order valence-electron chi connectivity index (χ4n) is 4.67. The second-order valence-corrected chi connectivity index (χ2v) is 13.8. The minimum Gasteiger partial charge on any atom is -0.507 e. The third-order valence-corrected chi connectivity index (χ3v) is 10.9. The van der Waals surface area contributed by atoms with E-state index in [0.717, 1.165) is 32.5 Å². The minimum atomic E-state index is -0.156. The summed E-state index contributed by atoms with van der Waals surface area (Å²) in [5, 5.41) is 39.3. The Balaban J connectivity index is 1.15. The zero-order valence-electron chi connectivity index (χ0n) is 25.4. The highest BCUT2D eigenvalue weighted by Crippen LogP contribution is 2.30. The molecular weight excluding hydrogens is 649 g/mol. The van der Waals surface area contributed by atoms with E-state index >= 15 is 0 Å². The normalized spacial score (nSPS) is 11.2. The number of nitrogens with zero attached hydrogens (tertiary/aromatic N) is 6. The predicted octanol–water partition coefficient (Wildman–Crippen LogP) is 5.51. The van der Waals surface area contributed by atoms with Crippen LogP contribution in [0.1, 0.15) is 36.1 Å². The number of hydrogen-bond donors (Lipinski definition) is 3. The van der Waals surface area contributed by atoms with Crippen molar-refractivity contribution in [3.63, 3.8) is 0 Å². The van der Waals surface area contributed by atoms with Crippen molar-refractivity contribution < 1.29 is 14.7 Å². The molecule has 1 aromatic carbocycles. The standard InChI is InChI=1S/C30H34N8O3S4/c1-5-37-27(22-9-7-11-42-22)33-35-29(37)44-16-24(39)31-14-20-13-21(19(4)26(41)18(20)3)15-32-25(40)17-45-30-36-34-28(38(30)6-2)23-10-8-12-43-23/h7-13,41H,5-6,14-17H2,1-4H3,(H,31,39)(H,32,40). The Hall–Kier alpha value is -3.66. The molecule has 0 unspecified atom stereocenters. The number of thiophene rings is 2. The number of phenolic OH excluding ortho intramolecular Hbond substituents is 1. The quantitative estimate of drug-likeness (QED) is 0.130. The lowest BCUT2D eigenvalue weighted by Gasteiger charge is -2.16. The lowest BCUT2D eigenvalue weighted by molar-refractivity contribution is -0.119. The van der Waals surface area contributed by atoms with Gasteiger partial charge in [-0.15, -0.1) is 43.1 Å². The second kappa shape index (κ2) is 15.1. The summed E-state index contributed by atoms with van der Waals surface area (Å²) in [6, 6.07) is 9.88. The van der Waals surface area contributed by atoms with Gasteiger partial charge >= 0.3 is 0 Å². The number of thioether (sulfide) groups is 2. The van der Waals surface area contributed by atoms with Gasteiger partial charge in [-0.1, -0.05) is 41.7 Å². The van der Waals surface area contributed by atoms with E-state index in [4.69, 9.17) is 0 Å². The molecule has 4 aromatic heterocycles. The molecular formula is C30H34N8O3S4. The fourth-order valence-corrected chi connectivity index (χ4v) is 7.77. The van der Waals surface area contributed by atoms with E-state index in [1.165, 1.54) is 23.5 Å². The summed E-state index contributed by atoms with van der Waals surface area (Å²) < 4.78 is 4.00. The van der Waals surface area contributed by atoms with Gasteiger partial charge in [-0.2, -0.15) is 0 Å². The van der Waals surface area contributed by atoms with Crippen LogP contribution in [-0.2, 0) is 35.8 Å². The molecule has 0 aliphatic carbocycles. The van der Waals surface area contributed by atoms with Crippen molar-refractivity contribution in [1.82, 2.24) is 40.2 Å². The molecule has 11 nitrogen and oxygen atoms in total. The van der Waals surface area contributed by atoms with Crippen LogP contribution in [0.25, 0.3) is 21.4 Å². The summed E-state index contributed by atoms with van der Waals surface area (Å²) in [6.45, 7) is 9.58. The van der Waals surface area contributed by atoms with Gasteiger partial charge in [0.2, 0.25) is 11.8 Å². The molecule has 2 amide bonds.